The van der Waals surface area contributed by atoms with E-state index in [1.807, 2.05) is 0 Å². The van der Waals surface area contributed by atoms with Crippen molar-refractivity contribution < 1.29 is 32.7 Å². The number of hydrogen-bond donors (Lipinski definition) is 0. The predicted octanol–water partition coefficient (Wildman–Crippen LogP) is 2.89. The van der Waals surface area contributed by atoms with Gasteiger partial charge in [0.15, 0.2) is 0 Å². The summed E-state index contributed by atoms with van der Waals surface area (Å²) < 4.78 is 0. The van der Waals surface area contributed by atoms with Crippen LogP contribution in [-0.2, 0) is 32.7 Å². The van der Waals surface area contributed by atoms with Crippen LogP contribution in [0, 0.1) is 17.8 Å². The van der Waals surface area contributed by atoms with E-state index in [-0.39, 0.29) is 32.7 Å². The molecule has 0 heterocycles. The third-order valence-corrected chi connectivity index (χ3v) is 1.82. The van der Waals surface area contributed by atoms with Gasteiger partial charge in [-0.2, -0.15) is 18.8 Å². The Morgan fingerprint density at radius 2 is 1.11 bits per heavy atom. The quantitative estimate of drug-likeness (QED) is 0.604. The molecule has 0 saturated heterocycles. The van der Waals surface area contributed by atoms with E-state index in [9.17, 15) is 0 Å². The van der Waals surface area contributed by atoms with Crippen molar-refractivity contribution in [2.45, 2.75) is 34.6 Å². The fourth-order valence-corrected chi connectivity index (χ4v) is 0.667. The Labute approximate surface area is 84.7 Å². The van der Waals surface area contributed by atoms with E-state index in [0.717, 1.165) is 11.8 Å². The fourth-order valence-electron chi connectivity index (χ4n) is 0.667. The Hall–Kier alpha value is 1.10. The molecule has 0 N–H and O–H groups in total. The Bertz CT molecular complexity index is 49.6. The van der Waals surface area contributed by atoms with Crippen LogP contribution in [0.25, 0.3) is 0 Å². The zero-order valence-corrected chi connectivity index (χ0v) is 10.1. The molecule has 0 nitrogen and oxygen atoms in total. The van der Waals surface area contributed by atoms with Gasteiger partial charge in [-0.15, -0.1) is 0 Å². The standard InChI is InChI=1S/C8H17.Y/c1-6(2)8(5)7(3)4;/h6-7H,1-5H3;/q-1;. The second-order valence-electron chi connectivity index (χ2n) is 3.05. The Morgan fingerprint density at radius 1 is 0.889 bits per heavy atom. The van der Waals surface area contributed by atoms with Gasteiger partial charge in [0.05, 0.1) is 0 Å². The summed E-state index contributed by atoms with van der Waals surface area (Å²) in [6.07, 6.45) is 0. The van der Waals surface area contributed by atoms with Gasteiger partial charge < -0.3 is 5.92 Å². The molecule has 0 aromatic heterocycles. The minimum absolute atomic E-state index is 0. The molecule has 53 valence electrons. The minimum atomic E-state index is 0. The zero-order valence-electron chi connectivity index (χ0n) is 7.23. The second kappa shape index (κ2) is 5.86. The number of hydrogen-bond acceptors (Lipinski definition) is 0. The average molecular weight is 202 g/mol. The first-order chi connectivity index (χ1) is 3.55. The number of rotatable bonds is 2. The van der Waals surface area contributed by atoms with Gasteiger partial charge in [0.2, 0.25) is 0 Å². The van der Waals surface area contributed by atoms with E-state index in [1.54, 1.807) is 5.92 Å². The SMILES string of the molecule is C[C-](C(C)C)C(C)C.[Y]. The molecule has 0 aliphatic rings. The summed E-state index contributed by atoms with van der Waals surface area (Å²) in [7, 11) is 0. The van der Waals surface area contributed by atoms with Crippen molar-refractivity contribution in [1.29, 1.82) is 0 Å². The van der Waals surface area contributed by atoms with E-state index >= 15 is 0 Å². The van der Waals surface area contributed by atoms with E-state index in [1.165, 1.54) is 0 Å². The summed E-state index contributed by atoms with van der Waals surface area (Å²) in [4.78, 5) is 0. The smallest absolute Gasteiger partial charge is 0 e. The van der Waals surface area contributed by atoms with Crippen molar-refractivity contribution >= 4 is 0 Å². The molecule has 0 rings (SSSR count). The largest absolute Gasteiger partial charge is 0.312 e. The van der Waals surface area contributed by atoms with Crippen molar-refractivity contribution in [3.05, 3.63) is 5.92 Å². The first-order valence-electron chi connectivity index (χ1n) is 3.39. The summed E-state index contributed by atoms with van der Waals surface area (Å²) in [5.41, 5.74) is 0. The normalized spacial score (nSPS) is 10.7. The molecular weight excluding hydrogens is 185 g/mol. The Kier molecular flexibility index (Phi) is 8.30. The molecular formula is C8H17Y-. The third-order valence-electron chi connectivity index (χ3n) is 1.82. The third kappa shape index (κ3) is 5.54. The first kappa shape index (κ1) is 12.8. The van der Waals surface area contributed by atoms with Crippen LogP contribution in [0.2, 0.25) is 0 Å². The molecule has 0 unspecified atom stereocenters. The maximum absolute atomic E-state index is 2.25. The Balaban J connectivity index is 0. The monoisotopic (exact) mass is 202 g/mol. The van der Waals surface area contributed by atoms with Gasteiger partial charge in [0, 0.05) is 32.7 Å². The maximum Gasteiger partial charge on any atom is 0 e. The molecule has 0 aromatic carbocycles. The van der Waals surface area contributed by atoms with Gasteiger partial charge in [0.25, 0.3) is 0 Å². The molecule has 0 aliphatic carbocycles. The Morgan fingerprint density at radius 3 is 1.11 bits per heavy atom. The van der Waals surface area contributed by atoms with E-state index < -0.39 is 0 Å². The van der Waals surface area contributed by atoms with E-state index in [0.29, 0.717) is 0 Å². The topological polar surface area (TPSA) is 0 Å². The minimum Gasteiger partial charge on any atom is -0.312 e. The summed E-state index contributed by atoms with van der Waals surface area (Å²) in [6, 6.07) is 0. The molecule has 0 atom stereocenters. The molecule has 1 radical (unpaired) electrons. The maximum atomic E-state index is 2.25. The van der Waals surface area contributed by atoms with Crippen LogP contribution in [0.4, 0.5) is 0 Å². The van der Waals surface area contributed by atoms with Crippen molar-refractivity contribution in [2.75, 3.05) is 0 Å². The van der Waals surface area contributed by atoms with Gasteiger partial charge in [-0.3, -0.25) is 0 Å². The molecule has 1 heteroatoms. The van der Waals surface area contributed by atoms with Crippen molar-refractivity contribution in [1.82, 2.24) is 0 Å². The van der Waals surface area contributed by atoms with Crippen LogP contribution < -0.4 is 0 Å². The van der Waals surface area contributed by atoms with Crippen LogP contribution in [0.1, 0.15) is 34.6 Å². The van der Waals surface area contributed by atoms with Crippen LogP contribution in [0.15, 0.2) is 0 Å². The van der Waals surface area contributed by atoms with Gasteiger partial charge in [-0.25, -0.2) is 0 Å². The molecule has 0 saturated carbocycles. The zero-order chi connectivity index (χ0) is 6.73. The average Bonchev–Trinajstić information content (AvgIpc) is 1.64. The summed E-state index contributed by atoms with van der Waals surface area (Å²) >= 11 is 0. The van der Waals surface area contributed by atoms with Crippen LogP contribution >= 0.6 is 0 Å². The fraction of sp³-hybridized carbons (Fsp3) is 0.875. The molecule has 0 aromatic rings. The predicted molar refractivity (Wildman–Crippen MR) is 38.6 cm³/mol. The van der Waals surface area contributed by atoms with Crippen molar-refractivity contribution in [2.24, 2.45) is 11.8 Å². The summed E-state index contributed by atoms with van der Waals surface area (Å²) in [5, 5.41) is 0. The molecule has 0 aliphatic heterocycles. The van der Waals surface area contributed by atoms with E-state index in [4.69, 9.17) is 0 Å². The van der Waals surface area contributed by atoms with Crippen molar-refractivity contribution in [3.8, 4) is 0 Å². The molecule has 0 bridgehead atoms. The van der Waals surface area contributed by atoms with Crippen LogP contribution in [-0.4, -0.2) is 0 Å². The molecule has 0 amide bonds. The van der Waals surface area contributed by atoms with Crippen LogP contribution in [0.5, 0.6) is 0 Å². The first-order valence-corrected chi connectivity index (χ1v) is 3.39. The van der Waals surface area contributed by atoms with Crippen LogP contribution in [0.3, 0.4) is 0 Å². The van der Waals surface area contributed by atoms with Gasteiger partial charge in [-0.1, -0.05) is 27.7 Å². The second-order valence-corrected chi connectivity index (χ2v) is 3.05. The van der Waals surface area contributed by atoms with Crippen molar-refractivity contribution in [3.63, 3.8) is 0 Å². The van der Waals surface area contributed by atoms with Gasteiger partial charge >= 0.3 is 0 Å². The molecule has 0 fully saturated rings. The van der Waals surface area contributed by atoms with Gasteiger partial charge in [0.1, 0.15) is 0 Å². The van der Waals surface area contributed by atoms with E-state index in [2.05, 4.69) is 34.6 Å². The van der Waals surface area contributed by atoms with Gasteiger partial charge in [-0.05, 0) is 0 Å². The molecule has 9 heavy (non-hydrogen) atoms. The summed E-state index contributed by atoms with van der Waals surface area (Å²) in [6.45, 7) is 11.2. The molecule has 0 spiro atoms. The summed E-state index contributed by atoms with van der Waals surface area (Å²) in [5.74, 6) is 3.12.